The number of aryl methyl sites for hydroxylation is 1. The molecular formula is C20H18N6OS. The zero-order valence-electron chi connectivity index (χ0n) is 15.6. The highest BCUT2D eigenvalue weighted by Gasteiger charge is 2.18. The summed E-state index contributed by atoms with van der Waals surface area (Å²) < 4.78 is 5.60. The number of hydrogen-bond acceptors (Lipinski definition) is 7. The zero-order chi connectivity index (χ0) is 20.1. The van der Waals surface area contributed by atoms with E-state index in [9.17, 15) is 0 Å². The van der Waals surface area contributed by atoms with E-state index in [1.54, 1.807) is 25.7 Å². The summed E-state index contributed by atoms with van der Waals surface area (Å²) in [6, 6.07) is 3.76. The van der Waals surface area contributed by atoms with Crippen LogP contribution in [-0.4, -0.2) is 39.5 Å². The highest BCUT2D eigenvalue weighted by atomic mass is 32.1. The summed E-state index contributed by atoms with van der Waals surface area (Å²) in [5.41, 5.74) is 3.85. The smallest absolute Gasteiger partial charge is 0.173 e. The molecule has 0 bridgehead atoms. The van der Waals surface area contributed by atoms with Gasteiger partial charge in [0.25, 0.3) is 0 Å². The SMILES string of the molecule is C=C.C=NC(=NC)c1nc(-c2sc(-c3cncnc3)nc2C)cc2occc12. The Bertz CT molecular complexity index is 1150. The Kier molecular flexibility index (Phi) is 5.81. The van der Waals surface area contributed by atoms with Crippen LogP contribution in [0.5, 0.6) is 0 Å². The number of pyridine rings is 1. The van der Waals surface area contributed by atoms with Crippen molar-refractivity contribution in [2.24, 2.45) is 9.98 Å². The lowest BCUT2D eigenvalue weighted by atomic mass is 10.1. The lowest BCUT2D eigenvalue weighted by Gasteiger charge is -2.05. The van der Waals surface area contributed by atoms with Gasteiger partial charge in [0.2, 0.25) is 0 Å². The molecule has 0 aliphatic heterocycles. The molecule has 0 unspecified atom stereocenters. The molecule has 7 nitrogen and oxygen atoms in total. The van der Waals surface area contributed by atoms with Gasteiger partial charge in [-0.15, -0.1) is 24.5 Å². The number of aliphatic imine (C=N–C) groups is 2. The van der Waals surface area contributed by atoms with E-state index in [1.807, 2.05) is 19.1 Å². The molecule has 0 aliphatic rings. The Morgan fingerprint density at radius 3 is 2.61 bits per heavy atom. The lowest BCUT2D eigenvalue weighted by molar-refractivity contribution is 0.615. The van der Waals surface area contributed by atoms with Gasteiger partial charge in [-0.2, -0.15) is 0 Å². The molecule has 0 radical (unpaired) electrons. The van der Waals surface area contributed by atoms with Crippen LogP contribution in [0.3, 0.4) is 0 Å². The Hall–Kier alpha value is -3.52. The minimum Gasteiger partial charge on any atom is -0.464 e. The van der Waals surface area contributed by atoms with Crippen molar-refractivity contribution in [3.05, 3.63) is 61.7 Å². The predicted octanol–water partition coefficient (Wildman–Crippen LogP) is 4.60. The summed E-state index contributed by atoms with van der Waals surface area (Å²) in [5, 5.41) is 1.69. The molecule has 0 amide bonds. The van der Waals surface area contributed by atoms with Crippen LogP contribution < -0.4 is 0 Å². The maximum absolute atomic E-state index is 5.60. The minimum absolute atomic E-state index is 0.470. The fraction of sp³-hybridized carbons (Fsp3) is 0.100. The molecule has 0 aliphatic carbocycles. The number of nitrogens with zero attached hydrogens (tertiary/aromatic N) is 6. The minimum atomic E-state index is 0.470. The molecule has 4 rings (SSSR count). The second-order valence-electron chi connectivity index (χ2n) is 5.45. The number of rotatable bonds is 3. The third-order valence-electron chi connectivity index (χ3n) is 3.86. The maximum Gasteiger partial charge on any atom is 0.173 e. The molecule has 0 N–H and O–H groups in total. The van der Waals surface area contributed by atoms with Gasteiger partial charge in [0.1, 0.15) is 22.6 Å². The fourth-order valence-corrected chi connectivity index (χ4v) is 3.67. The fourth-order valence-electron chi connectivity index (χ4n) is 2.67. The van der Waals surface area contributed by atoms with Crippen molar-refractivity contribution in [3.63, 3.8) is 0 Å². The van der Waals surface area contributed by atoms with Crippen molar-refractivity contribution in [2.75, 3.05) is 7.05 Å². The molecule has 0 atom stereocenters. The molecule has 0 aromatic carbocycles. The molecule has 4 aromatic rings. The first-order valence-corrected chi connectivity index (χ1v) is 9.08. The standard InChI is InChI=1S/C18H14N6OS.C2H4/c1-10-16(26-18(23-10)11-7-21-9-22-8-11)13-6-14-12(4-5-25-14)15(24-13)17(19-2)20-3;1-2/h4-9H,2H2,1,3H3;1-2H2. The van der Waals surface area contributed by atoms with E-state index in [0.29, 0.717) is 17.1 Å². The van der Waals surface area contributed by atoms with Crippen LogP contribution in [0, 0.1) is 6.92 Å². The Balaban J connectivity index is 0.00000109. The Labute approximate surface area is 166 Å². The molecule has 4 heterocycles. The summed E-state index contributed by atoms with van der Waals surface area (Å²) in [6.07, 6.45) is 6.61. The summed E-state index contributed by atoms with van der Waals surface area (Å²) in [5.74, 6) is 0.470. The zero-order valence-corrected chi connectivity index (χ0v) is 16.4. The van der Waals surface area contributed by atoms with Gasteiger partial charge in [-0.05, 0) is 19.7 Å². The van der Waals surface area contributed by atoms with E-state index >= 15 is 0 Å². The average Bonchev–Trinajstić information content (AvgIpc) is 3.37. The van der Waals surface area contributed by atoms with Crippen LogP contribution in [0.15, 0.2) is 64.7 Å². The highest BCUT2D eigenvalue weighted by Crippen LogP contribution is 2.35. The van der Waals surface area contributed by atoms with Crippen molar-refractivity contribution < 1.29 is 4.42 Å². The van der Waals surface area contributed by atoms with Gasteiger partial charge < -0.3 is 4.42 Å². The lowest BCUT2D eigenvalue weighted by Crippen LogP contribution is -2.02. The van der Waals surface area contributed by atoms with Gasteiger partial charge >= 0.3 is 0 Å². The molecular weight excluding hydrogens is 372 g/mol. The third-order valence-corrected chi connectivity index (χ3v) is 5.09. The number of hydrogen-bond donors (Lipinski definition) is 0. The number of aromatic nitrogens is 4. The Morgan fingerprint density at radius 2 is 1.93 bits per heavy atom. The molecule has 8 heteroatoms. The van der Waals surface area contributed by atoms with Crippen LogP contribution in [0.1, 0.15) is 11.4 Å². The molecule has 0 saturated heterocycles. The highest BCUT2D eigenvalue weighted by molar-refractivity contribution is 7.18. The average molecular weight is 390 g/mol. The first-order chi connectivity index (χ1) is 13.7. The number of thiazole rings is 1. The van der Waals surface area contributed by atoms with E-state index < -0.39 is 0 Å². The monoisotopic (exact) mass is 390 g/mol. The first-order valence-electron chi connectivity index (χ1n) is 8.26. The topological polar surface area (TPSA) is 89.4 Å². The molecule has 28 heavy (non-hydrogen) atoms. The van der Waals surface area contributed by atoms with Gasteiger partial charge in [0, 0.05) is 36.5 Å². The van der Waals surface area contributed by atoms with Gasteiger partial charge in [-0.3, -0.25) is 4.99 Å². The van der Waals surface area contributed by atoms with Crippen LogP contribution in [-0.2, 0) is 0 Å². The second kappa shape index (κ2) is 8.45. The quantitative estimate of drug-likeness (QED) is 0.290. The van der Waals surface area contributed by atoms with E-state index in [4.69, 9.17) is 9.40 Å². The normalized spacial score (nSPS) is 11.1. The second-order valence-corrected chi connectivity index (χ2v) is 6.45. The molecule has 140 valence electrons. The third kappa shape index (κ3) is 3.49. The molecule has 0 fully saturated rings. The van der Waals surface area contributed by atoms with Crippen molar-refractivity contribution in [3.8, 4) is 21.1 Å². The van der Waals surface area contributed by atoms with Crippen LogP contribution in [0.2, 0.25) is 0 Å². The number of furan rings is 1. The molecule has 0 spiro atoms. The summed E-state index contributed by atoms with van der Waals surface area (Å²) in [6.45, 7) is 11.5. The predicted molar refractivity (Wildman–Crippen MR) is 114 cm³/mol. The van der Waals surface area contributed by atoms with E-state index in [-0.39, 0.29) is 0 Å². The van der Waals surface area contributed by atoms with Crippen molar-refractivity contribution in [2.45, 2.75) is 6.92 Å². The van der Waals surface area contributed by atoms with E-state index in [0.717, 1.165) is 32.2 Å². The van der Waals surface area contributed by atoms with Crippen molar-refractivity contribution >= 4 is 34.9 Å². The summed E-state index contributed by atoms with van der Waals surface area (Å²) in [4.78, 5) is 26.6. The van der Waals surface area contributed by atoms with Crippen LogP contribution >= 0.6 is 11.3 Å². The Morgan fingerprint density at radius 1 is 1.18 bits per heavy atom. The largest absolute Gasteiger partial charge is 0.464 e. The van der Waals surface area contributed by atoms with Crippen molar-refractivity contribution in [1.29, 1.82) is 0 Å². The summed E-state index contributed by atoms with van der Waals surface area (Å²) >= 11 is 1.53. The maximum atomic E-state index is 5.60. The van der Waals surface area contributed by atoms with E-state index in [1.165, 1.54) is 17.7 Å². The van der Waals surface area contributed by atoms with Crippen LogP contribution in [0.4, 0.5) is 0 Å². The van der Waals surface area contributed by atoms with Crippen LogP contribution in [0.25, 0.3) is 32.1 Å². The number of amidine groups is 1. The van der Waals surface area contributed by atoms with Crippen molar-refractivity contribution in [1.82, 2.24) is 19.9 Å². The number of fused-ring (bicyclic) bond motifs is 1. The molecule has 4 aromatic heterocycles. The van der Waals surface area contributed by atoms with Gasteiger partial charge in [0.05, 0.1) is 22.5 Å². The molecule has 0 saturated carbocycles. The van der Waals surface area contributed by atoms with Gasteiger partial charge in [-0.25, -0.2) is 24.9 Å². The first kappa shape index (κ1) is 19.2. The summed E-state index contributed by atoms with van der Waals surface area (Å²) in [7, 11) is 1.66. The van der Waals surface area contributed by atoms with E-state index in [2.05, 4.69) is 44.8 Å². The van der Waals surface area contributed by atoms with Gasteiger partial charge in [0.15, 0.2) is 5.84 Å². The van der Waals surface area contributed by atoms with Gasteiger partial charge in [-0.1, -0.05) is 0 Å².